The smallest absolute Gasteiger partial charge is 0.338 e. The van der Waals surface area contributed by atoms with Crippen LogP contribution in [-0.2, 0) is 11.2 Å². The molecule has 4 heteroatoms. The molecular weight excluding hydrogens is 218 g/mol. The number of aryl methyl sites for hydroxylation is 1. The van der Waals surface area contributed by atoms with Crippen molar-refractivity contribution < 1.29 is 14.3 Å². The van der Waals surface area contributed by atoms with Crippen molar-refractivity contribution in [3.05, 3.63) is 23.4 Å². The summed E-state index contributed by atoms with van der Waals surface area (Å²) in [5.74, 6) is 0.115. The Bertz CT molecular complexity index is 388. The predicted molar refractivity (Wildman–Crippen MR) is 65.3 cm³/mol. The van der Waals surface area contributed by atoms with Gasteiger partial charge in [-0.2, -0.15) is 0 Å². The number of hydrogen-bond acceptors (Lipinski definition) is 4. The molecule has 4 nitrogen and oxygen atoms in total. The second-order valence-corrected chi connectivity index (χ2v) is 4.09. The monoisotopic (exact) mass is 237 g/mol. The third kappa shape index (κ3) is 3.73. The zero-order valence-corrected chi connectivity index (χ0v) is 10.8. The Morgan fingerprint density at radius 2 is 2.18 bits per heavy atom. The van der Waals surface area contributed by atoms with Crippen LogP contribution in [0.25, 0.3) is 0 Å². The number of nitrogens with zero attached hydrogens (tertiary/aromatic N) is 1. The fourth-order valence-corrected chi connectivity index (χ4v) is 1.54. The van der Waals surface area contributed by atoms with Crippen LogP contribution in [0.2, 0.25) is 0 Å². The van der Waals surface area contributed by atoms with E-state index in [0.717, 1.165) is 18.4 Å². The summed E-state index contributed by atoms with van der Waals surface area (Å²) < 4.78 is 10.2. The molecule has 0 unspecified atom stereocenters. The van der Waals surface area contributed by atoms with Crippen LogP contribution in [0.5, 0.6) is 5.88 Å². The van der Waals surface area contributed by atoms with Crippen LogP contribution >= 0.6 is 0 Å². The van der Waals surface area contributed by atoms with E-state index in [9.17, 15) is 4.79 Å². The molecule has 0 spiro atoms. The van der Waals surface area contributed by atoms with Crippen LogP contribution in [-0.4, -0.2) is 24.2 Å². The first kappa shape index (κ1) is 13.5. The van der Waals surface area contributed by atoms with Crippen molar-refractivity contribution in [1.29, 1.82) is 0 Å². The van der Waals surface area contributed by atoms with E-state index in [4.69, 9.17) is 9.47 Å². The van der Waals surface area contributed by atoms with E-state index in [1.807, 2.05) is 13.8 Å². The number of methoxy groups -OCH3 is 1. The molecule has 0 aliphatic rings. The maximum atomic E-state index is 11.6. The van der Waals surface area contributed by atoms with Crippen LogP contribution in [0.1, 0.15) is 43.1 Å². The molecule has 0 atom stereocenters. The Kier molecular flexibility index (Phi) is 4.94. The van der Waals surface area contributed by atoms with Crippen molar-refractivity contribution in [2.45, 2.75) is 39.7 Å². The fourth-order valence-electron chi connectivity index (χ4n) is 1.54. The number of rotatable bonds is 5. The van der Waals surface area contributed by atoms with Crippen LogP contribution < -0.4 is 4.74 Å². The van der Waals surface area contributed by atoms with Crippen molar-refractivity contribution in [2.75, 3.05) is 7.11 Å². The average Bonchev–Trinajstić information content (AvgIpc) is 2.29. The number of carbonyl (C=O) groups excluding carboxylic acids is 1. The molecule has 0 aliphatic carbocycles. The van der Waals surface area contributed by atoms with Gasteiger partial charge in [0.05, 0.1) is 18.8 Å². The molecule has 94 valence electrons. The summed E-state index contributed by atoms with van der Waals surface area (Å²) in [5.41, 5.74) is 1.44. The molecule has 0 saturated heterocycles. The summed E-state index contributed by atoms with van der Waals surface area (Å²) in [6.45, 7) is 5.89. The van der Waals surface area contributed by atoms with Crippen molar-refractivity contribution in [3.8, 4) is 5.88 Å². The molecule has 0 radical (unpaired) electrons. The van der Waals surface area contributed by atoms with Crippen molar-refractivity contribution in [2.24, 2.45) is 0 Å². The Morgan fingerprint density at radius 1 is 1.47 bits per heavy atom. The zero-order chi connectivity index (χ0) is 12.8. The molecule has 1 aromatic rings. The van der Waals surface area contributed by atoms with Gasteiger partial charge in [-0.25, -0.2) is 9.78 Å². The van der Waals surface area contributed by atoms with Crippen LogP contribution in [0.4, 0.5) is 0 Å². The minimum absolute atomic E-state index is 0.0324. The summed E-state index contributed by atoms with van der Waals surface area (Å²) >= 11 is 0. The van der Waals surface area contributed by atoms with Crippen molar-refractivity contribution in [3.63, 3.8) is 0 Å². The summed E-state index contributed by atoms with van der Waals surface area (Å²) in [7, 11) is 1.38. The molecular formula is C13H19NO3. The molecule has 0 amide bonds. The lowest BCUT2D eigenvalue weighted by molar-refractivity contribution is 0.0598. The lowest BCUT2D eigenvalue weighted by Gasteiger charge is -2.12. The molecule has 1 heterocycles. The number of hydrogen-bond donors (Lipinski definition) is 0. The van der Waals surface area contributed by atoms with Crippen molar-refractivity contribution >= 4 is 5.97 Å². The number of esters is 1. The van der Waals surface area contributed by atoms with E-state index in [2.05, 4.69) is 11.9 Å². The highest BCUT2D eigenvalue weighted by Crippen LogP contribution is 2.18. The first-order chi connectivity index (χ1) is 8.08. The van der Waals surface area contributed by atoms with Gasteiger partial charge in [0.25, 0.3) is 0 Å². The van der Waals surface area contributed by atoms with E-state index in [-0.39, 0.29) is 12.1 Å². The topological polar surface area (TPSA) is 48.4 Å². The number of carbonyl (C=O) groups is 1. The van der Waals surface area contributed by atoms with Gasteiger partial charge < -0.3 is 9.47 Å². The van der Waals surface area contributed by atoms with Crippen molar-refractivity contribution in [1.82, 2.24) is 4.98 Å². The van der Waals surface area contributed by atoms with Gasteiger partial charge in [-0.05, 0) is 25.8 Å². The van der Waals surface area contributed by atoms with Gasteiger partial charge in [-0.3, -0.25) is 0 Å². The van der Waals surface area contributed by atoms with Gasteiger partial charge in [-0.15, -0.1) is 0 Å². The summed E-state index contributed by atoms with van der Waals surface area (Å²) in [4.78, 5) is 15.8. The van der Waals surface area contributed by atoms with E-state index in [1.165, 1.54) is 7.11 Å². The maximum absolute atomic E-state index is 11.6. The van der Waals surface area contributed by atoms with Gasteiger partial charge >= 0.3 is 5.97 Å². The highest BCUT2D eigenvalue weighted by molar-refractivity contribution is 5.91. The summed E-state index contributed by atoms with van der Waals surface area (Å²) in [6, 6.07) is 1.65. The number of ether oxygens (including phenoxy) is 2. The summed E-state index contributed by atoms with van der Waals surface area (Å²) in [6.07, 6.45) is 3.48. The molecule has 0 aromatic carbocycles. The average molecular weight is 237 g/mol. The quantitative estimate of drug-likeness (QED) is 0.738. The standard InChI is InChI=1S/C13H19NO3/c1-5-6-10-8-14-12(17-9(2)3)7-11(10)13(15)16-4/h7-9H,5-6H2,1-4H3. The second kappa shape index (κ2) is 6.23. The Morgan fingerprint density at radius 3 is 2.71 bits per heavy atom. The molecule has 0 aliphatic heterocycles. The van der Waals surface area contributed by atoms with Crippen LogP contribution in [0.15, 0.2) is 12.3 Å². The largest absolute Gasteiger partial charge is 0.475 e. The van der Waals surface area contributed by atoms with Gasteiger partial charge in [-0.1, -0.05) is 13.3 Å². The molecule has 1 aromatic heterocycles. The first-order valence-electron chi connectivity index (χ1n) is 5.82. The zero-order valence-electron chi connectivity index (χ0n) is 10.8. The number of pyridine rings is 1. The van der Waals surface area contributed by atoms with E-state index in [0.29, 0.717) is 11.4 Å². The Labute approximate surface area is 102 Å². The molecule has 0 bridgehead atoms. The van der Waals surface area contributed by atoms with Gasteiger partial charge in [0.2, 0.25) is 5.88 Å². The van der Waals surface area contributed by atoms with E-state index >= 15 is 0 Å². The highest BCUT2D eigenvalue weighted by Gasteiger charge is 2.14. The fraction of sp³-hybridized carbons (Fsp3) is 0.538. The minimum Gasteiger partial charge on any atom is -0.475 e. The van der Waals surface area contributed by atoms with E-state index in [1.54, 1.807) is 12.3 Å². The second-order valence-electron chi connectivity index (χ2n) is 4.09. The summed E-state index contributed by atoms with van der Waals surface area (Å²) in [5, 5.41) is 0. The third-order valence-corrected chi connectivity index (χ3v) is 2.24. The number of aromatic nitrogens is 1. The maximum Gasteiger partial charge on any atom is 0.338 e. The van der Waals surface area contributed by atoms with E-state index < -0.39 is 0 Å². The lowest BCUT2D eigenvalue weighted by Crippen LogP contribution is -2.11. The molecule has 17 heavy (non-hydrogen) atoms. The van der Waals surface area contributed by atoms with Crippen LogP contribution in [0, 0.1) is 0 Å². The molecule has 0 saturated carbocycles. The Hall–Kier alpha value is -1.58. The Balaban J connectivity index is 3.05. The van der Waals surface area contributed by atoms with Gasteiger partial charge in [0.15, 0.2) is 0 Å². The van der Waals surface area contributed by atoms with Crippen LogP contribution in [0.3, 0.4) is 0 Å². The third-order valence-electron chi connectivity index (χ3n) is 2.24. The van der Waals surface area contributed by atoms with Gasteiger partial charge in [0.1, 0.15) is 0 Å². The highest BCUT2D eigenvalue weighted by atomic mass is 16.5. The lowest BCUT2D eigenvalue weighted by atomic mass is 10.1. The molecule has 0 N–H and O–H groups in total. The first-order valence-corrected chi connectivity index (χ1v) is 5.82. The predicted octanol–water partition coefficient (Wildman–Crippen LogP) is 2.61. The SMILES string of the molecule is CCCc1cnc(OC(C)C)cc1C(=O)OC. The minimum atomic E-state index is -0.343. The molecule has 0 fully saturated rings. The van der Waals surface area contributed by atoms with Gasteiger partial charge in [0, 0.05) is 12.3 Å². The normalized spacial score (nSPS) is 10.4. The molecule has 1 rings (SSSR count).